The molecule has 0 aliphatic carbocycles. The van der Waals surface area contributed by atoms with Gasteiger partial charge in [-0.15, -0.1) is 0 Å². The summed E-state index contributed by atoms with van der Waals surface area (Å²) in [5.41, 5.74) is 2.61. The molecule has 0 unspecified atom stereocenters. The summed E-state index contributed by atoms with van der Waals surface area (Å²) in [4.78, 5) is 4.16. The predicted octanol–water partition coefficient (Wildman–Crippen LogP) is 5.17. The third-order valence-corrected chi connectivity index (χ3v) is 3.92. The third kappa shape index (κ3) is 2.33. The maximum atomic E-state index is 14.7. The number of methoxy groups -OCH3 is 1. The van der Waals surface area contributed by atoms with Crippen LogP contribution >= 0.6 is 0 Å². The van der Waals surface area contributed by atoms with Crippen LogP contribution in [0.3, 0.4) is 0 Å². The molecule has 0 radical (unpaired) electrons. The maximum absolute atomic E-state index is 14.7. The van der Waals surface area contributed by atoms with Crippen molar-refractivity contribution in [2.45, 2.75) is 19.8 Å². The van der Waals surface area contributed by atoms with Gasteiger partial charge in [0.05, 0.1) is 7.11 Å². The van der Waals surface area contributed by atoms with E-state index in [2.05, 4.69) is 4.98 Å². The first-order chi connectivity index (χ1) is 10.6. The number of hydrogen-bond donors (Lipinski definition) is 0. The van der Waals surface area contributed by atoms with Crippen molar-refractivity contribution in [3.8, 4) is 16.9 Å². The van der Waals surface area contributed by atoms with Gasteiger partial charge in [-0.2, -0.15) is 0 Å². The topological polar surface area (TPSA) is 22.1 Å². The van der Waals surface area contributed by atoms with E-state index in [0.717, 1.165) is 22.3 Å². The second-order valence-electron chi connectivity index (χ2n) is 5.60. The number of halogens is 1. The van der Waals surface area contributed by atoms with Crippen LogP contribution in [0.5, 0.6) is 5.75 Å². The first kappa shape index (κ1) is 14.5. The number of hydrogen-bond acceptors (Lipinski definition) is 2. The van der Waals surface area contributed by atoms with Gasteiger partial charge in [-0.1, -0.05) is 32.0 Å². The smallest absolute Gasteiger partial charge is 0.134 e. The second kappa shape index (κ2) is 5.76. The van der Waals surface area contributed by atoms with Crippen LogP contribution in [0.15, 0.2) is 48.8 Å². The number of fused-ring (bicyclic) bond motifs is 1. The quantitative estimate of drug-likeness (QED) is 0.664. The lowest BCUT2D eigenvalue weighted by molar-refractivity contribution is 0.416. The van der Waals surface area contributed by atoms with Crippen molar-refractivity contribution in [1.82, 2.24) is 4.98 Å². The van der Waals surface area contributed by atoms with E-state index in [0.29, 0.717) is 10.9 Å². The Morgan fingerprint density at radius 2 is 1.82 bits per heavy atom. The highest BCUT2D eigenvalue weighted by molar-refractivity contribution is 5.98. The van der Waals surface area contributed by atoms with Crippen molar-refractivity contribution in [1.29, 1.82) is 0 Å². The molecule has 1 heterocycles. The summed E-state index contributed by atoms with van der Waals surface area (Å²) in [7, 11) is 1.64. The Labute approximate surface area is 129 Å². The minimum Gasteiger partial charge on any atom is -0.496 e. The number of aromatic nitrogens is 1. The summed E-state index contributed by atoms with van der Waals surface area (Å²) in [6.45, 7) is 3.99. The lowest BCUT2D eigenvalue weighted by Crippen LogP contribution is -1.98. The molecule has 0 aliphatic heterocycles. The minimum atomic E-state index is -0.161. The van der Waals surface area contributed by atoms with Crippen molar-refractivity contribution in [2.75, 3.05) is 7.11 Å². The van der Waals surface area contributed by atoms with Gasteiger partial charge in [-0.25, -0.2) is 4.39 Å². The summed E-state index contributed by atoms with van der Waals surface area (Å²) in [5, 5.41) is 1.40. The van der Waals surface area contributed by atoms with Gasteiger partial charge in [0.2, 0.25) is 0 Å². The van der Waals surface area contributed by atoms with Gasteiger partial charge in [0.25, 0.3) is 0 Å². The molecule has 3 rings (SSSR count). The molecule has 112 valence electrons. The molecule has 0 saturated heterocycles. The van der Waals surface area contributed by atoms with E-state index in [-0.39, 0.29) is 11.7 Å². The molecular weight excluding hydrogens is 277 g/mol. The average molecular weight is 295 g/mol. The van der Waals surface area contributed by atoms with Crippen LogP contribution in [0.2, 0.25) is 0 Å². The van der Waals surface area contributed by atoms with Crippen LogP contribution in [0.1, 0.15) is 25.3 Å². The molecule has 3 heteroatoms. The predicted molar refractivity (Wildman–Crippen MR) is 87.8 cm³/mol. The molecule has 0 amide bonds. The number of benzene rings is 2. The van der Waals surface area contributed by atoms with Gasteiger partial charge < -0.3 is 4.74 Å². The monoisotopic (exact) mass is 295 g/mol. The Balaban J connectivity index is 2.40. The molecule has 0 atom stereocenters. The highest BCUT2D eigenvalue weighted by atomic mass is 19.1. The van der Waals surface area contributed by atoms with Gasteiger partial charge in [-0.05, 0) is 35.2 Å². The molecule has 2 nitrogen and oxygen atoms in total. The fraction of sp³-hybridized carbons (Fsp3) is 0.211. The normalized spacial score (nSPS) is 11.1. The number of pyridine rings is 1. The van der Waals surface area contributed by atoms with E-state index in [1.54, 1.807) is 25.6 Å². The molecule has 0 aliphatic rings. The Hall–Kier alpha value is -2.42. The number of rotatable bonds is 3. The molecule has 0 spiro atoms. The lowest BCUT2D eigenvalue weighted by Gasteiger charge is -2.16. The molecular formula is C19H18FNO. The van der Waals surface area contributed by atoms with E-state index >= 15 is 0 Å². The molecule has 0 saturated carbocycles. The Morgan fingerprint density at radius 1 is 1.05 bits per heavy atom. The largest absolute Gasteiger partial charge is 0.496 e. The van der Waals surface area contributed by atoms with Gasteiger partial charge in [0.15, 0.2) is 0 Å². The molecule has 0 fully saturated rings. The summed E-state index contributed by atoms with van der Waals surface area (Å²) in [5.74, 6) is 0.714. The van der Waals surface area contributed by atoms with Crippen molar-refractivity contribution in [3.63, 3.8) is 0 Å². The molecule has 2 aromatic carbocycles. The molecule has 3 aromatic rings. The molecule has 1 aromatic heterocycles. The van der Waals surface area contributed by atoms with Crippen molar-refractivity contribution >= 4 is 10.8 Å². The molecule has 22 heavy (non-hydrogen) atoms. The van der Waals surface area contributed by atoms with Crippen LogP contribution in [0, 0.1) is 5.82 Å². The Bertz CT molecular complexity index is 827. The highest BCUT2D eigenvalue weighted by Crippen LogP contribution is 2.38. The summed E-state index contributed by atoms with van der Waals surface area (Å²) < 4.78 is 20.2. The Morgan fingerprint density at radius 3 is 2.55 bits per heavy atom. The van der Waals surface area contributed by atoms with Crippen molar-refractivity contribution in [2.24, 2.45) is 0 Å². The van der Waals surface area contributed by atoms with Gasteiger partial charge in [-0.3, -0.25) is 4.98 Å². The van der Waals surface area contributed by atoms with E-state index in [9.17, 15) is 4.39 Å². The van der Waals surface area contributed by atoms with Crippen LogP contribution in [-0.2, 0) is 0 Å². The van der Waals surface area contributed by atoms with Crippen LogP contribution < -0.4 is 4.74 Å². The number of para-hydroxylation sites is 1. The highest BCUT2D eigenvalue weighted by Gasteiger charge is 2.17. The zero-order chi connectivity index (χ0) is 15.7. The van der Waals surface area contributed by atoms with Crippen LogP contribution in [-0.4, -0.2) is 12.1 Å². The standard InChI is InChI=1S/C19H18FNO/c1-12(2)15-10-16(13-6-4-5-7-18(13)22-3)17-11-21-9-8-14(17)19(15)20/h4-12H,1-3H3. The fourth-order valence-corrected chi connectivity index (χ4v) is 2.76. The SMILES string of the molecule is COc1ccccc1-c1cc(C(C)C)c(F)c2ccncc12. The lowest BCUT2D eigenvalue weighted by atomic mass is 9.91. The summed E-state index contributed by atoms with van der Waals surface area (Å²) in [6.07, 6.45) is 3.34. The summed E-state index contributed by atoms with van der Waals surface area (Å²) in [6, 6.07) is 11.4. The minimum absolute atomic E-state index is 0.103. The average Bonchev–Trinajstić information content (AvgIpc) is 2.55. The number of nitrogens with zero attached hydrogens (tertiary/aromatic N) is 1. The summed E-state index contributed by atoms with van der Waals surface area (Å²) >= 11 is 0. The zero-order valence-corrected chi connectivity index (χ0v) is 12.9. The number of ether oxygens (including phenoxy) is 1. The second-order valence-corrected chi connectivity index (χ2v) is 5.60. The van der Waals surface area contributed by atoms with Crippen LogP contribution in [0.4, 0.5) is 4.39 Å². The maximum Gasteiger partial charge on any atom is 0.134 e. The third-order valence-electron chi connectivity index (χ3n) is 3.92. The van der Waals surface area contributed by atoms with E-state index in [1.165, 1.54) is 0 Å². The first-order valence-electron chi connectivity index (χ1n) is 7.33. The van der Waals surface area contributed by atoms with Crippen LogP contribution in [0.25, 0.3) is 21.9 Å². The first-order valence-corrected chi connectivity index (χ1v) is 7.33. The van der Waals surface area contributed by atoms with E-state index < -0.39 is 0 Å². The Kier molecular flexibility index (Phi) is 3.80. The van der Waals surface area contributed by atoms with Gasteiger partial charge >= 0.3 is 0 Å². The van der Waals surface area contributed by atoms with Gasteiger partial charge in [0.1, 0.15) is 11.6 Å². The van der Waals surface area contributed by atoms with E-state index in [1.807, 2.05) is 44.2 Å². The van der Waals surface area contributed by atoms with E-state index in [4.69, 9.17) is 4.74 Å². The fourth-order valence-electron chi connectivity index (χ4n) is 2.76. The molecule has 0 N–H and O–H groups in total. The molecule has 0 bridgehead atoms. The van der Waals surface area contributed by atoms with Crippen molar-refractivity contribution < 1.29 is 9.13 Å². The zero-order valence-electron chi connectivity index (χ0n) is 12.9. The van der Waals surface area contributed by atoms with Crippen molar-refractivity contribution in [3.05, 3.63) is 60.2 Å². The van der Waals surface area contributed by atoms with Gasteiger partial charge in [0, 0.05) is 28.7 Å².